The zero-order chi connectivity index (χ0) is 7.41. The van der Waals surface area contributed by atoms with Gasteiger partial charge >= 0.3 is 17.4 Å². The predicted molar refractivity (Wildman–Crippen MR) is 33.8 cm³/mol. The van der Waals surface area contributed by atoms with Crippen molar-refractivity contribution < 1.29 is 27.0 Å². The zero-order valence-corrected chi connectivity index (χ0v) is 7.21. The van der Waals surface area contributed by atoms with Crippen molar-refractivity contribution in [2.45, 2.75) is 20.8 Å². The fraction of sp³-hybridized carbons (Fsp3) is 0.500. The van der Waals surface area contributed by atoms with Crippen molar-refractivity contribution in [3.05, 3.63) is 6.92 Å². The van der Waals surface area contributed by atoms with Crippen LogP contribution in [0.4, 0.5) is 0 Å². The normalized spacial score (nSPS) is 3.56. The number of carbonyl (C=O) groups excluding carboxylic acids is 2. The Morgan fingerprint density at radius 2 is 1.00 bits per heavy atom. The third kappa shape index (κ3) is 16700. The molecule has 3 heteroatoms. The molecule has 0 atom stereocenters. The van der Waals surface area contributed by atoms with E-state index in [0.717, 1.165) is 0 Å². The largest absolute Gasteiger partial charge is 3.00 e. The van der Waals surface area contributed by atoms with Crippen LogP contribution in [-0.4, -0.2) is 12.6 Å². The molecule has 0 spiro atoms. The van der Waals surface area contributed by atoms with Crippen LogP contribution in [0.15, 0.2) is 0 Å². The summed E-state index contributed by atoms with van der Waals surface area (Å²) in [4.78, 5) is 17.4. The molecule has 0 N–H and O–H groups in total. The van der Waals surface area contributed by atoms with Gasteiger partial charge in [-0.3, -0.25) is 12.6 Å². The minimum absolute atomic E-state index is 0. The molecule has 0 bridgehead atoms. The third-order valence-corrected chi connectivity index (χ3v) is 0. The van der Waals surface area contributed by atoms with E-state index in [0.29, 0.717) is 0 Å². The first-order valence-electron chi connectivity index (χ1n) is 2.12. The van der Waals surface area contributed by atoms with Gasteiger partial charge in [-0.25, -0.2) is 0 Å². The molecule has 0 heterocycles. The SMILES string of the molecule is C[C-]=O.C[C-]=O.[CH2-]C.[Cr+3]. The van der Waals surface area contributed by atoms with E-state index in [1.165, 1.54) is 26.4 Å². The van der Waals surface area contributed by atoms with Gasteiger partial charge in [-0.1, -0.05) is 0 Å². The molecule has 0 rings (SSSR count). The van der Waals surface area contributed by atoms with Gasteiger partial charge in [-0.15, -0.1) is 0 Å². The Kier molecular flexibility index (Phi) is 273. The summed E-state index contributed by atoms with van der Waals surface area (Å²) in [7, 11) is 0. The molecular weight excluding hydrogens is 156 g/mol. The molecule has 2 nitrogen and oxygen atoms in total. The van der Waals surface area contributed by atoms with Crippen LogP contribution in [0, 0.1) is 6.92 Å². The molecule has 0 aliphatic carbocycles. The Morgan fingerprint density at radius 3 is 1.00 bits per heavy atom. The molecular formula is C6H11CrO2. The van der Waals surface area contributed by atoms with Gasteiger partial charge in [0.2, 0.25) is 0 Å². The molecule has 53 valence electrons. The van der Waals surface area contributed by atoms with Gasteiger partial charge in [-0.2, -0.15) is 20.8 Å². The summed E-state index contributed by atoms with van der Waals surface area (Å²) in [5, 5.41) is 0. The first-order valence-corrected chi connectivity index (χ1v) is 2.12. The minimum atomic E-state index is 0. The van der Waals surface area contributed by atoms with E-state index < -0.39 is 0 Å². The maximum absolute atomic E-state index is 8.68. The molecule has 0 fully saturated rings. The second-order valence-electron chi connectivity index (χ2n) is 0.408. The van der Waals surface area contributed by atoms with E-state index in [9.17, 15) is 0 Å². The third-order valence-electron chi connectivity index (χ3n) is 0. The zero-order valence-electron chi connectivity index (χ0n) is 5.93. The molecule has 0 saturated carbocycles. The van der Waals surface area contributed by atoms with Crippen LogP contribution in [0.5, 0.6) is 0 Å². The summed E-state index contributed by atoms with van der Waals surface area (Å²) in [5.41, 5.74) is 0. The predicted octanol–water partition coefficient (Wildman–Crippen LogP) is 1.07. The average Bonchev–Trinajstić information content (AvgIpc) is 1.75. The first-order chi connectivity index (χ1) is 3.83. The first kappa shape index (κ1) is 23.2. The van der Waals surface area contributed by atoms with Crippen LogP contribution in [0.3, 0.4) is 0 Å². The minimum Gasteiger partial charge on any atom is -0.542 e. The van der Waals surface area contributed by atoms with Crippen molar-refractivity contribution in [1.82, 2.24) is 0 Å². The molecule has 0 amide bonds. The Balaban J connectivity index is -0.0000000202. The van der Waals surface area contributed by atoms with Gasteiger partial charge in [-0.05, 0) is 0 Å². The van der Waals surface area contributed by atoms with Crippen molar-refractivity contribution in [3.63, 3.8) is 0 Å². The van der Waals surface area contributed by atoms with Gasteiger partial charge in [0.15, 0.2) is 0 Å². The molecule has 0 aliphatic heterocycles. The Labute approximate surface area is 67.8 Å². The van der Waals surface area contributed by atoms with Crippen molar-refractivity contribution in [3.8, 4) is 0 Å². The molecule has 0 aromatic heterocycles. The van der Waals surface area contributed by atoms with Gasteiger partial charge in [0.25, 0.3) is 0 Å². The van der Waals surface area contributed by atoms with Gasteiger partial charge in [0.1, 0.15) is 0 Å². The molecule has 0 aromatic carbocycles. The molecule has 1 radical (unpaired) electrons. The molecule has 9 heavy (non-hydrogen) atoms. The van der Waals surface area contributed by atoms with E-state index in [1.54, 1.807) is 6.92 Å². The number of hydrogen-bond donors (Lipinski definition) is 0. The fourth-order valence-electron chi connectivity index (χ4n) is 0. The maximum atomic E-state index is 8.68. The summed E-state index contributed by atoms with van der Waals surface area (Å²) in [5.74, 6) is 0. The monoisotopic (exact) mass is 167 g/mol. The van der Waals surface area contributed by atoms with E-state index in [2.05, 4.69) is 6.92 Å². The smallest absolute Gasteiger partial charge is 0.542 e. The molecule has 0 saturated heterocycles. The van der Waals surface area contributed by atoms with Gasteiger partial charge in [0, 0.05) is 0 Å². The Hall–Kier alpha value is -0.128. The topological polar surface area (TPSA) is 34.1 Å². The van der Waals surface area contributed by atoms with Crippen molar-refractivity contribution >= 4 is 12.6 Å². The van der Waals surface area contributed by atoms with Crippen LogP contribution < -0.4 is 0 Å². The number of rotatable bonds is 0. The summed E-state index contributed by atoms with van der Waals surface area (Å²) in [6.45, 7) is 7.64. The van der Waals surface area contributed by atoms with Crippen LogP contribution >= 0.6 is 0 Å². The summed E-state index contributed by atoms with van der Waals surface area (Å²) < 4.78 is 0. The number of hydrogen-bond acceptors (Lipinski definition) is 2. The van der Waals surface area contributed by atoms with E-state index in [4.69, 9.17) is 9.59 Å². The van der Waals surface area contributed by atoms with Crippen LogP contribution in [0.25, 0.3) is 0 Å². The molecule has 0 unspecified atom stereocenters. The second-order valence-corrected chi connectivity index (χ2v) is 0.408. The van der Waals surface area contributed by atoms with Crippen LogP contribution in [0.2, 0.25) is 0 Å². The summed E-state index contributed by atoms with van der Waals surface area (Å²) >= 11 is 0. The maximum Gasteiger partial charge on any atom is 3.00 e. The standard InChI is InChI=1S/2C2H3O.C2H5.Cr/c2*1-2-3;1-2;/h2*1H3;1H2,2H3;/q3*-1;+3. The Bertz CT molecular complexity index is 32.0. The second kappa shape index (κ2) is 106. The summed E-state index contributed by atoms with van der Waals surface area (Å²) in [6, 6.07) is 0. The molecule has 0 aliphatic rings. The van der Waals surface area contributed by atoms with E-state index in [1.807, 2.05) is 0 Å². The van der Waals surface area contributed by atoms with Crippen LogP contribution in [-0.2, 0) is 27.0 Å². The summed E-state index contributed by atoms with van der Waals surface area (Å²) in [6.07, 6.45) is 3.00. The Morgan fingerprint density at radius 1 is 1.00 bits per heavy atom. The van der Waals surface area contributed by atoms with Crippen molar-refractivity contribution in [1.29, 1.82) is 0 Å². The van der Waals surface area contributed by atoms with E-state index in [-0.39, 0.29) is 17.4 Å². The van der Waals surface area contributed by atoms with Crippen molar-refractivity contribution in [2.24, 2.45) is 0 Å². The molecule has 0 aromatic rings. The van der Waals surface area contributed by atoms with Gasteiger partial charge in [0.05, 0.1) is 0 Å². The quantitative estimate of drug-likeness (QED) is 0.506. The van der Waals surface area contributed by atoms with Crippen LogP contribution in [0.1, 0.15) is 20.8 Å². The van der Waals surface area contributed by atoms with Gasteiger partial charge < -0.3 is 16.5 Å². The average molecular weight is 167 g/mol. The van der Waals surface area contributed by atoms with E-state index >= 15 is 0 Å². The fourth-order valence-corrected chi connectivity index (χ4v) is 0. The van der Waals surface area contributed by atoms with Crippen molar-refractivity contribution in [2.75, 3.05) is 0 Å².